The summed E-state index contributed by atoms with van der Waals surface area (Å²) in [6.45, 7) is 0.425. The minimum absolute atomic E-state index is 0.0124. The van der Waals surface area contributed by atoms with Crippen molar-refractivity contribution in [3.05, 3.63) is 40.8 Å². The molecule has 8 nitrogen and oxygen atoms in total. The number of nitrogens with one attached hydrogen (secondary N) is 1. The summed E-state index contributed by atoms with van der Waals surface area (Å²) in [6, 6.07) is 4.22. The summed E-state index contributed by atoms with van der Waals surface area (Å²) in [4.78, 5) is 6.21. The van der Waals surface area contributed by atoms with Gasteiger partial charge in [0.2, 0.25) is 10.0 Å². The number of aromatic nitrogens is 2. The zero-order valence-corrected chi connectivity index (χ0v) is 16.6. The Balaban J connectivity index is 1.83. The van der Waals surface area contributed by atoms with Crippen LogP contribution in [0.3, 0.4) is 0 Å². The molecule has 26 heavy (non-hydrogen) atoms. The fourth-order valence-corrected chi connectivity index (χ4v) is 6.26. The van der Waals surface area contributed by atoms with Crippen LogP contribution in [0.4, 0.5) is 0 Å². The number of nitrogens with zero attached hydrogens (tertiary/aromatic N) is 3. The van der Waals surface area contributed by atoms with Gasteiger partial charge in [-0.1, -0.05) is 23.2 Å². The summed E-state index contributed by atoms with van der Waals surface area (Å²) in [5, 5.41) is 0.304. The Bertz CT molecular complexity index is 994. The monoisotopic (exact) mass is 438 g/mol. The second-order valence-corrected chi connectivity index (χ2v) is 10.3. The largest absolute Gasteiger partial charge is 0.335 e. The van der Waals surface area contributed by atoms with Gasteiger partial charge in [0.05, 0.1) is 17.5 Å². The molecule has 0 bridgehead atoms. The van der Waals surface area contributed by atoms with E-state index in [1.165, 1.54) is 39.3 Å². The second kappa shape index (κ2) is 7.45. The number of benzene rings is 1. The maximum absolute atomic E-state index is 12.9. The van der Waals surface area contributed by atoms with E-state index in [4.69, 9.17) is 23.2 Å². The van der Waals surface area contributed by atoms with Crippen molar-refractivity contribution in [3.63, 3.8) is 0 Å². The van der Waals surface area contributed by atoms with Gasteiger partial charge >= 0.3 is 0 Å². The first-order valence-electron chi connectivity index (χ1n) is 7.66. The minimum Gasteiger partial charge on any atom is -0.335 e. The van der Waals surface area contributed by atoms with E-state index in [-0.39, 0.29) is 46.1 Å². The molecular weight excluding hydrogens is 423 g/mol. The van der Waals surface area contributed by atoms with Gasteiger partial charge in [-0.15, -0.1) is 0 Å². The van der Waals surface area contributed by atoms with E-state index in [2.05, 4.69) is 9.97 Å². The topological polar surface area (TPSA) is 103 Å². The molecule has 0 atom stereocenters. The summed E-state index contributed by atoms with van der Waals surface area (Å²) in [7, 11) is -7.63. The predicted octanol–water partition coefficient (Wildman–Crippen LogP) is 1.80. The lowest BCUT2D eigenvalue weighted by Gasteiger charge is -2.21. The Hall–Kier alpha value is -1.17. The van der Waals surface area contributed by atoms with E-state index in [1.54, 1.807) is 0 Å². The lowest BCUT2D eigenvalue weighted by Crippen LogP contribution is -2.37. The molecule has 1 aromatic heterocycles. The molecule has 2 heterocycles. The van der Waals surface area contributed by atoms with Crippen LogP contribution in [0.15, 0.2) is 40.6 Å². The first kappa shape index (κ1) is 19.6. The molecule has 0 aliphatic carbocycles. The highest BCUT2D eigenvalue weighted by Gasteiger charge is 2.33. The van der Waals surface area contributed by atoms with E-state index >= 15 is 0 Å². The summed E-state index contributed by atoms with van der Waals surface area (Å²) < 4.78 is 53.4. The molecule has 0 amide bonds. The van der Waals surface area contributed by atoms with Crippen molar-refractivity contribution in [3.8, 4) is 0 Å². The van der Waals surface area contributed by atoms with Gasteiger partial charge in [0, 0.05) is 31.2 Å². The number of H-pyrrole nitrogens is 1. The number of sulfonamides is 2. The van der Waals surface area contributed by atoms with Crippen LogP contribution in [0.2, 0.25) is 10.0 Å². The first-order chi connectivity index (χ1) is 12.2. The fraction of sp³-hybridized carbons (Fsp3) is 0.357. The molecular formula is C14H16Cl2N4O4S2. The van der Waals surface area contributed by atoms with Crippen molar-refractivity contribution in [1.29, 1.82) is 0 Å². The highest BCUT2D eigenvalue weighted by Crippen LogP contribution is 2.28. The van der Waals surface area contributed by atoms with Gasteiger partial charge in [-0.3, -0.25) is 0 Å². The van der Waals surface area contributed by atoms with Gasteiger partial charge in [-0.2, -0.15) is 8.61 Å². The molecule has 1 saturated heterocycles. The zero-order valence-electron chi connectivity index (χ0n) is 13.5. The average molecular weight is 439 g/mol. The van der Waals surface area contributed by atoms with Gasteiger partial charge in [-0.05, 0) is 24.6 Å². The number of halogens is 2. The Morgan fingerprint density at radius 2 is 1.62 bits per heavy atom. The molecule has 1 N–H and O–H groups in total. The van der Waals surface area contributed by atoms with E-state index in [1.807, 2.05) is 0 Å². The quantitative estimate of drug-likeness (QED) is 0.783. The zero-order chi connectivity index (χ0) is 18.9. The second-order valence-electron chi connectivity index (χ2n) is 5.65. The van der Waals surface area contributed by atoms with Gasteiger partial charge in [0.15, 0.2) is 5.03 Å². The molecule has 3 rings (SSSR count). The summed E-state index contributed by atoms with van der Waals surface area (Å²) in [6.07, 6.45) is 2.86. The molecule has 1 aliphatic rings. The Morgan fingerprint density at radius 3 is 2.23 bits per heavy atom. The standard InChI is InChI=1S/C14H16Cl2N4O4S2/c15-11-2-3-12(16)13(8-11)25(21,22)19-4-1-5-20(7-6-19)26(23,24)14-9-17-10-18-14/h2-3,8-10H,1,4-7H2,(H,17,18). The maximum atomic E-state index is 12.9. The van der Waals surface area contributed by atoms with Crippen LogP contribution in [-0.4, -0.2) is 61.6 Å². The fourth-order valence-electron chi connectivity index (χ4n) is 2.69. The van der Waals surface area contributed by atoms with Crippen LogP contribution in [-0.2, 0) is 20.0 Å². The third-order valence-electron chi connectivity index (χ3n) is 4.02. The van der Waals surface area contributed by atoms with Crippen molar-refractivity contribution >= 4 is 43.2 Å². The third kappa shape index (κ3) is 3.75. The van der Waals surface area contributed by atoms with Gasteiger partial charge in [0.1, 0.15) is 4.90 Å². The summed E-state index contributed by atoms with van der Waals surface area (Å²) >= 11 is 11.9. The van der Waals surface area contributed by atoms with Gasteiger partial charge < -0.3 is 4.98 Å². The Labute approximate surface area is 161 Å². The van der Waals surface area contributed by atoms with E-state index < -0.39 is 20.0 Å². The van der Waals surface area contributed by atoms with E-state index in [0.29, 0.717) is 6.42 Å². The molecule has 0 spiro atoms. The molecule has 12 heteroatoms. The average Bonchev–Trinajstić information content (AvgIpc) is 3.01. The predicted molar refractivity (Wildman–Crippen MR) is 97.2 cm³/mol. The van der Waals surface area contributed by atoms with Crippen molar-refractivity contribution in [2.75, 3.05) is 26.2 Å². The van der Waals surface area contributed by atoms with Crippen LogP contribution in [0, 0.1) is 0 Å². The molecule has 0 unspecified atom stereocenters. The molecule has 2 aromatic rings. The summed E-state index contributed by atoms with van der Waals surface area (Å²) in [5.74, 6) is 0. The van der Waals surface area contributed by atoms with Crippen molar-refractivity contribution in [2.45, 2.75) is 16.3 Å². The molecule has 1 aliphatic heterocycles. The number of rotatable bonds is 4. The minimum atomic E-state index is -3.89. The van der Waals surface area contributed by atoms with Crippen LogP contribution < -0.4 is 0 Å². The van der Waals surface area contributed by atoms with Crippen LogP contribution in [0.25, 0.3) is 0 Å². The maximum Gasteiger partial charge on any atom is 0.260 e. The highest BCUT2D eigenvalue weighted by molar-refractivity contribution is 7.89. The van der Waals surface area contributed by atoms with E-state index in [0.717, 1.165) is 0 Å². The molecule has 0 saturated carbocycles. The SMILES string of the molecule is O=S(=O)(c1cnc[nH]1)N1CCCN(S(=O)(=O)c2cc(Cl)ccc2Cl)CC1. The van der Waals surface area contributed by atoms with Crippen molar-refractivity contribution in [1.82, 2.24) is 18.6 Å². The molecule has 142 valence electrons. The van der Waals surface area contributed by atoms with Crippen LogP contribution in [0.1, 0.15) is 6.42 Å². The van der Waals surface area contributed by atoms with Crippen LogP contribution in [0.5, 0.6) is 0 Å². The highest BCUT2D eigenvalue weighted by atomic mass is 35.5. The number of aromatic amines is 1. The Kier molecular flexibility index (Phi) is 5.61. The lowest BCUT2D eigenvalue weighted by molar-refractivity contribution is 0.403. The molecule has 1 aromatic carbocycles. The van der Waals surface area contributed by atoms with E-state index in [9.17, 15) is 16.8 Å². The van der Waals surface area contributed by atoms with Crippen LogP contribution >= 0.6 is 23.2 Å². The van der Waals surface area contributed by atoms with Crippen molar-refractivity contribution in [2.24, 2.45) is 0 Å². The number of imidazole rings is 1. The summed E-state index contributed by atoms with van der Waals surface area (Å²) in [5.41, 5.74) is 0. The molecule has 0 radical (unpaired) electrons. The third-order valence-corrected chi connectivity index (χ3v) is 8.46. The normalized spacial score (nSPS) is 17.9. The Morgan fingerprint density at radius 1 is 0.962 bits per heavy atom. The first-order valence-corrected chi connectivity index (χ1v) is 11.3. The smallest absolute Gasteiger partial charge is 0.260 e. The van der Waals surface area contributed by atoms with Gasteiger partial charge in [-0.25, -0.2) is 21.8 Å². The molecule has 1 fully saturated rings. The van der Waals surface area contributed by atoms with Crippen molar-refractivity contribution < 1.29 is 16.8 Å². The lowest BCUT2D eigenvalue weighted by atomic mass is 10.4. The number of hydrogen-bond donors (Lipinski definition) is 1. The number of hydrogen-bond acceptors (Lipinski definition) is 5. The van der Waals surface area contributed by atoms with Gasteiger partial charge in [0.25, 0.3) is 10.0 Å².